The summed E-state index contributed by atoms with van der Waals surface area (Å²) in [6.45, 7) is 0. The Balaban J connectivity index is 2.01. The van der Waals surface area contributed by atoms with Crippen LogP contribution in [0.15, 0.2) is 48.5 Å². The van der Waals surface area contributed by atoms with Gasteiger partial charge in [0.25, 0.3) is 0 Å². The summed E-state index contributed by atoms with van der Waals surface area (Å²) in [4.78, 5) is 11.7. The van der Waals surface area contributed by atoms with Gasteiger partial charge in [-0.25, -0.2) is 8.78 Å². The van der Waals surface area contributed by atoms with Crippen LogP contribution >= 0.6 is 0 Å². The van der Waals surface area contributed by atoms with E-state index in [4.69, 9.17) is 5.73 Å². The van der Waals surface area contributed by atoms with Crippen molar-refractivity contribution in [3.8, 4) is 0 Å². The largest absolute Gasteiger partial charge is 0.399 e. The summed E-state index contributed by atoms with van der Waals surface area (Å²) in [6, 6.07) is 10.5. The molecule has 0 heterocycles. The Morgan fingerprint density at radius 3 is 2.40 bits per heavy atom. The van der Waals surface area contributed by atoms with Gasteiger partial charge in [-0.1, -0.05) is 24.3 Å². The highest BCUT2D eigenvalue weighted by atomic mass is 19.2. The van der Waals surface area contributed by atoms with E-state index < -0.39 is 11.6 Å². The van der Waals surface area contributed by atoms with Gasteiger partial charge in [0.1, 0.15) is 0 Å². The first kappa shape index (κ1) is 13.9. The van der Waals surface area contributed by atoms with Crippen molar-refractivity contribution in [2.75, 3.05) is 5.73 Å². The van der Waals surface area contributed by atoms with E-state index in [0.717, 1.165) is 17.7 Å². The van der Waals surface area contributed by atoms with Crippen LogP contribution < -0.4 is 5.73 Å². The van der Waals surface area contributed by atoms with Crippen LogP contribution in [-0.4, -0.2) is 5.78 Å². The number of nitrogen functional groups attached to an aromatic ring is 1. The van der Waals surface area contributed by atoms with Gasteiger partial charge in [0, 0.05) is 12.1 Å². The summed E-state index contributed by atoms with van der Waals surface area (Å²) in [5.74, 6) is -2.05. The summed E-state index contributed by atoms with van der Waals surface area (Å²) in [6.07, 6.45) is 3.09. The third-order valence-electron chi connectivity index (χ3n) is 2.76. The number of halogens is 2. The van der Waals surface area contributed by atoms with Gasteiger partial charge < -0.3 is 5.73 Å². The number of ketones is 1. The molecule has 2 rings (SSSR count). The maximum Gasteiger partial charge on any atom is 0.160 e. The minimum Gasteiger partial charge on any atom is -0.399 e. The molecule has 2 aromatic carbocycles. The Labute approximate surface area is 115 Å². The molecule has 2 aromatic rings. The highest BCUT2D eigenvalue weighted by molar-refractivity contribution is 5.95. The second-order valence-corrected chi connectivity index (χ2v) is 4.39. The quantitative estimate of drug-likeness (QED) is 0.685. The first-order chi connectivity index (χ1) is 9.54. The number of hydrogen-bond donors (Lipinski definition) is 1. The van der Waals surface area contributed by atoms with Crippen molar-refractivity contribution in [2.45, 2.75) is 6.42 Å². The third-order valence-corrected chi connectivity index (χ3v) is 2.76. The van der Waals surface area contributed by atoms with Gasteiger partial charge in [-0.15, -0.1) is 0 Å². The molecular weight excluding hydrogens is 260 g/mol. The van der Waals surface area contributed by atoms with Crippen molar-refractivity contribution < 1.29 is 13.6 Å². The summed E-state index contributed by atoms with van der Waals surface area (Å²) in [5, 5.41) is 0. The summed E-state index contributed by atoms with van der Waals surface area (Å²) < 4.78 is 25.8. The minimum atomic E-state index is -0.946. The van der Waals surface area contributed by atoms with Crippen LogP contribution in [0.1, 0.15) is 11.1 Å². The van der Waals surface area contributed by atoms with Gasteiger partial charge >= 0.3 is 0 Å². The molecule has 0 saturated carbocycles. The predicted octanol–water partition coefficient (Wildman–Crippen LogP) is 3.37. The zero-order valence-electron chi connectivity index (χ0n) is 10.6. The standard InChI is InChI=1S/C16H13F2NO/c17-15-8-4-12(10-16(15)18)9-14(20)7-3-11-1-5-13(19)6-2-11/h1-8,10H,9,19H2/b7-3+. The van der Waals surface area contributed by atoms with Crippen molar-refractivity contribution in [3.63, 3.8) is 0 Å². The fourth-order valence-electron chi connectivity index (χ4n) is 1.71. The Morgan fingerprint density at radius 1 is 1.05 bits per heavy atom. The summed E-state index contributed by atoms with van der Waals surface area (Å²) in [7, 11) is 0. The van der Waals surface area contributed by atoms with Crippen LogP contribution in [0, 0.1) is 11.6 Å². The molecule has 0 aliphatic rings. The maximum atomic E-state index is 13.0. The van der Waals surface area contributed by atoms with Crippen LogP contribution in [0.2, 0.25) is 0 Å². The van der Waals surface area contributed by atoms with Crippen molar-refractivity contribution in [2.24, 2.45) is 0 Å². The Morgan fingerprint density at radius 2 is 1.75 bits per heavy atom. The van der Waals surface area contributed by atoms with Gasteiger partial charge in [-0.3, -0.25) is 4.79 Å². The minimum absolute atomic E-state index is 0.0304. The van der Waals surface area contributed by atoms with E-state index in [0.29, 0.717) is 11.3 Å². The second-order valence-electron chi connectivity index (χ2n) is 4.39. The molecular formula is C16H13F2NO. The molecule has 0 fully saturated rings. The SMILES string of the molecule is Nc1ccc(/C=C/C(=O)Cc2ccc(F)c(F)c2)cc1. The zero-order chi connectivity index (χ0) is 14.5. The lowest BCUT2D eigenvalue weighted by atomic mass is 10.1. The highest BCUT2D eigenvalue weighted by Gasteiger charge is 2.05. The number of benzene rings is 2. The lowest BCUT2D eigenvalue weighted by Crippen LogP contribution is -1.99. The summed E-state index contributed by atoms with van der Waals surface area (Å²) >= 11 is 0. The number of carbonyl (C=O) groups is 1. The molecule has 0 bridgehead atoms. The lowest BCUT2D eigenvalue weighted by molar-refractivity contribution is -0.113. The van der Waals surface area contributed by atoms with Crippen molar-refractivity contribution >= 4 is 17.5 Å². The maximum absolute atomic E-state index is 13.0. The summed E-state index contributed by atoms with van der Waals surface area (Å²) in [5.41, 5.74) is 7.49. The van der Waals surface area contributed by atoms with Gasteiger partial charge in [-0.2, -0.15) is 0 Å². The Bertz CT molecular complexity index is 648. The molecule has 0 aliphatic carbocycles. The average molecular weight is 273 g/mol. The topological polar surface area (TPSA) is 43.1 Å². The van der Waals surface area contributed by atoms with E-state index in [2.05, 4.69) is 0 Å². The van der Waals surface area contributed by atoms with E-state index in [1.165, 1.54) is 12.1 Å². The molecule has 20 heavy (non-hydrogen) atoms. The first-order valence-corrected chi connectivity index (χ1v) is 6.05. The fraction of sp³-hybridized carbons (Fsp3) is 0.0625. The van der Waals surface area contributed by atoms with Crippen molar-refractivity contribution in [1.82, 2.24) is 0 Å². The number of nitrogens with two attached hydrogens (primary N) is 1. The molecule has 0 aliphatic heterocycles. The molecule has 0 amide bonds. The Kier molecular flexibility index (Phi) is 4.25. The number of hydrogen-bond acceptors (Lipinski definition) is 2. The van der Waals surface area contributed by atoms with E-state index in [1.807, 2.05) is 0 Å². The average Bonchev–Trinajstić information content (AvgIpc) is 2.42. The molecule has 4 heteroatoms. The van der Waals surface area contributed by atoms with E-state index in [-0.39, 0.29) is 12.2 Å². The smallest absolute Gasteiger partial charge is 0.160 e. The van der Waals surface area contributed by atoms with E-state index in [1.54, 1.807) is 30.3 Å². The number of rotatable bonds is 4. The number of anilines is 1. The van der Waals surface area contributed by atoms with Gasteiger partial charge in [0.2, 0.25) is 0 Å². The molecule has 0 unspecified atom stereocenters. The highest BCUT2D eigenvalue weighted by Crippen LogP contribution is 2.11. The van der Waals surface area contributed by atoms with Crippen LogP contribution in [0.5, 0.6) is 0 Å². The van der Waals surface area contributed by atoms with Crippen LogP contribution in [0.25, 0.3) is 6.08 Å². The first-order valence-electron chi connectivity index (χ1n) is 6.05. The molecule has 0 aromatic heterocycles. The van der Waals surface area contributed by atoms with Crippen LogP contribution in [-0.2, 0) is 11.2 Å². The number of carbonyl (C=O) groups excluding carboxylic acids is 1. The second kappa shape index (κ2) is 6.10. The van der Waals surface area contributed by atoms with E-state index >= 15 is 0 Å². The zero-order valence-corrected chi connectivity index (χ0v) is 10.6. The van der Waals surface area contributed by atoms with Crippen LogP contribution in [0.4, 0.5) is 14.5 Å². The molecule has 0 spiro atoms. The molecule has 0 radical (unpaired) electrons. The van der Waals surface area contributed by atoms with Gasteiger partial charge in [-0.05, 0) is 41.5 Å². The van der Waals surface area contributed by atoms with Gasteiger partial charge in [0.05, 0.1) is 0 Å². The Hall–Kier alpha value is -2.49. The molecule has 0 atom stereocenters. The normalized spacial score (nSPS) is 10.9. The van der Waals surface area contributed by atoms with E-state index in [9.17, 15) is 13.6 Å². The monoisotopic (exact) mass is 273 g/mol. The van der Waals surface area contributed by atoms with Crippen LogP contribution in [0.3, 0.4) is 0 Å². The molecule has 102 valence electrons. The van der Waals surface area contributed by atoms with Crippen molar-refractivity contribution in [3.05, 3.63) is 71.3 Å². The fourth-order valence-corrected chi connectivity index (χ4v) is 1.71. The van der Waals surface area contributed by atoms with Gasteiger partial charge in [0.15, 0.2) is 17.4 Å². The predicted molar refractivity (Wildman–Crippen MR) is 75.0 cm³/mol. The number of allylic oxidation sites excluding steroid dienone is 1. The van der Waals surface area contributed by atoms with Crippen molar-refractivity contribution in [1.29, 1.82) is 0 Å². The molecule has 2 nitrogen and oxygen atoms in total. The lowest BCUT2D eigenvalue weighted by Gasteiger charge is -1.99. The molecule has 2 N–H and O–H groups in total. The molecule has 0 saturated heterocycles. The third kappa shape index (κ3) is 3.75.